The number of amides is 1. The van der Waals surface area contributed by atoms with Gasteiger partial charge in [-0.15, -0.1) is 0 Å². The number of hydrogen-bond acceptors (Lipinski definition) is 5. The SMILES string of the molecule is Cc1noc(C)c1CNC(=O)[C@H]1CCCCN1S(=O)(=O)c1ccccc1. The zero-order valence-electron chi connectivity index (χ0n) is 14.9. The molecule has 1 saturated heterocycles. The van der Waals surface area contributed by atoms with Crippen molar-refractivity contribution in [1.82, 2.24) is 14.8 Å². The average Bonchev–Trinajstić information content (AvgIpc) is 2.98. The Labute approximate surface area is 153 Å². The fourth-order valence-electron chi connectivity index (χ4n) is 3.23. The summed E-state index contributed by atoms with van der Waals surface area (Å²) in [5.74, 6) is 0.365. The first-order chi connectivity index (χ1) is 12.4. The molecule has 0 aliphatic carbocycles. The van der Waals surface area contributed by atoms with Crippen LogP contribution in [0.2, 0.25) is 0 Å². The summed E-state index contributed by atoms with van der Waals surface area (Å²) in [6, 6.07) is 7.55. The van der Waals surface area contributed by atoms with Gasteiger partial charge >= 0.3 is 0 Å². The third kappa shape index (κ3) is 3.66. The Morgan fingerprint density at radius 1 is 1.27 bits per heavy atom. The van der Waals surface area contributed by atoms with Crippen LogP contribution >= 0.6 is 0 Å². The first kappa shape index (κ1) is 18.6. The monoisotopic (exact) mass is 377 g/mol. The summed E-state index contributed by atoms with van der Waals surface area (Å²) in [7, 11) is -3.70. The molecule has 1 aromatic heterocycles. The van der Waals surface area contributed by atoms with E-state index in [-0.39, 0.29) is 17.3 Å². The van der Waals surface area contributed by atoms with Gasteiger partial charge in [0.15, 0.2) is 0 Å². The second-order valence-electron chi connectivity index (χ2n) is 6.46. The van der Waals surface area contributed by atoms with Crippen molar-refractivity contribution in [3.05, 3.63) is 47.3 Å². The number of carbonyl (C=O) groups excluding carboxylic acids is 1. The van der Waals surface area contributed by atoms with Gasteiger partial charge < -0.3 is 9.84 Å². The largest absolute Gasteiger partial charge is 0.361 e. The standard InChI is InChI=1S/C18H23N3O4S/c1-13-16(14(2)25-20-13)12-19-18(22)17-10-6-7-11-21(17)26(23,24)15-8-4-3-5-9-15/h3-5,8-9,17H,6-7,10-12H2,1-2H3,(H,19,22)/t17-/m1/s1. The molecule has 8 heteroatoms. The molecule has 0 unspecified atom stereocenters. The van der Waals surface area contributed by atoms with E-state index in [1.165, 1.54) is 4.31 Å². The van der Waals surface area contributed by atoms with Gasteiger partial charge in [-0.3, -0.25) is 4.79 Å². The Balaban J connectivity index is 1.77. The van der Waals surface area contributed by atoms with Gasteiger partial charge in [0.05, 0.1) is 10.6 Å². The minimum atomic E-state index is -3.70. The molecule has 0 bridgehead atoms. The summed E-state index contributed by atoms with van der Waals surface area (Å²) in [5.41, 5.74) is 1.55. The quantitative estimate of drug-likeness (QED) is 0.862. The molecule has 1 aliphatic rings. The number of piperidine rings is 1. The van der Waals surface area contributed by atoms with Crippen molar-refractivity contribution in [3.8, 4) is 0 Å². The Kier molecular flexibility index (Phi) is 5.43. The van der Waals surface area contributed by atoms with Crippen molar-refractivity contribution in [3.63, 3.8) is 0 Å². The summed E-state index contributed by atoms with van der Waals surface area (Å²) in [5, 5.41) is 6.71. The lowest BCUT2D eigenvalue weighted by molar-refractivity contribution is -0.125. The highest BCUT2D eigenvalue weighted by Gasteiger charge is 2.37. The molecule has 2 heterocycles. The predicted molar refractivity (Wildman–Crippen MR) is 95.8 cm³/mol. The molecule has 1 aliphatic heterocycles. The first-order valence-electron chi connectivity index (χ1n) is 8.67. The molecular formula is C18H23N3O4S. The van der Waals surface area contributed by atoms with Crippen LogP contribution in [-0.4, -0.2) is 36.4 Å². The lowest BCUT2D eigenvalue weighted by Gasteiger charge is -2.33. The number of aryl methyl sites for hydroxylation is 2. The van der Waals surface area contributed by atoms with Crippen LogP contribution in [0, 0.1) is 13.8 Å². The van der Waals surface area contributed by atoms with Crippen molar-refractivity contribution in [2.75, 3.05) is 6.54 Å². The molecule has 0 saturated carbocycles. The van der Waals surface area contributed by atoms with Crippen LogP contribution in [0.4, 0.5) is 0 Å². The van der Waals surface area contributed by atoms with E-state index >= 15 is 0 Å². The summed E-state index contributed by atoms with van der Waals surface area (Å²) >= 11 is 0. The van der Waals surface area contributed by atoms with Gasteiger partial charge in [0.25, 0.3) is 0 Å². The van der Waals surface area contributed by atoms with E-state index in [1.54, 1.807) is 37.3 Å². The molecule has 140 valence electrons. The molecular weight excluding hydrogens is 354 g/mol. The highest BCUT2D eigenvalue weighted by Crippen LogP contribution is 2.25. The molecule has 7 nitrogen and oxygen atoms in total. The van der Waals surface area contributed by atoms with Crippen LogP contribution in [-0.2, 0) is 21.4 Å². The van der Waals surface area contributed by atoms with Crippen LogP contribution in [0.5, 0.6) is 0 Å². The molecule has 1 aromatic carbocycles. The fraction of sp³-hybridized carbons (Fsp3) is 0.444. The normalized spacial score (nSPS) is 18.6. The highest BCUT2D eigenvalue weighted by molar-refractivity contribution is 7.89. The van der Waals surface area contributed by atoms with E-state index in [4.69, 9.17) is 4.52 Å². The smallest absolute Gasteiger partial charge is 0.243 e. The van der Waals surface area contributed by atoms with E-state index in [2.05, 4.69) is 10.5 Å². The number of nitrogens with one attached hydrogen (secondary N) is 1. The fourth-order valence-corrected chi connectivity index (χ4v) is 4.91. The van der Waals surface area contributed by atoms with Crippen LogP contribution in [0.25, 0.3) is 0 Å². The topological polar surface area (TPSA) is 92.5 Å². The summed E-state index contributed by atoms with van der Waals surface area (Å²) in [6.07, 6.45) is 2.09. The molecule has 2 aromatic rings. The molecule has 1 amide bonds. The maximum absolute atomic E-state index is 13.0. The van der Waals surface area contributed by atoms with Crippen LogP contribution < -0.4 is 5.32 Å². The molecule has 26 heavy (non-hydrogen) atoms. The maximum Gasteiger partial charge on any atom is 0.243 e. The number of benzene rings is 1. The highest BCUT2D eigenvalue weighted by atomic mass is 32.2. The summed E-state index contributed by atoms with van der Waals surface area (Å²) in [6.45, 7) is 4.22. The zero-order valence-corrected chi connectivity index (χ0v) is 15.8. The van der Waals surface area contributed by atoms with Crippen molar-refractivity contribution in [1.29, 1.82) is 0 Å². The minimum Gasteiger partial charge on any atom is -0.361 e. The molecule has 1 fully saturated rings. The van der Waals surface area contributed by atoms with Gasteiger partial charge in [0.2, 0.25) is 15.9 Å². The van der Waals surface area contributed by atoms with Gasteiger partial charge in [-0.1, -0.05) is 29.8 Å². The number of carbonyl (C=O) groups is 1. The lowest BCUT2D eigenvalue weighted by atomic mass is 10.0. The number of hydrogen-bond donors (Lipinski definition) is 1. The second-order valence-corrected chi connectivity index (χ2v) is 8.35. The Morgan fingerprint density at radius 2 is 2.00 bits per heavy atom. The Hall–Kier alpha value is -2.19. The first-order valence-corrected chi connectivity index (χ1v) is 10.1. The number of rotatable bonds is 5. The van der Waals surface area contributed by atoms with E-state index in [9.17, 15) is 13.2 Å². The molecule has 0 radical (unpaired) electrons. The Bertz CT molecular complexity index is 858. The van der Waals surface area contributed by atoms with Crippen molar-refractivity contribution >= 4 is 15.9 Å². The van der Waals surface area contributed by atoms with E-state index in [0.717, 1.165) is 24.1 Å². The minimum absolute atomic E-state index is 0.213. The second kappa shape index (κ2) is 7.59. The third-order valence-electron chi connectivity index (χ3n) is 4.73. The average molecular weight is 377 g/mol. The van der Waals surface area contributed by atoms with Crippen molar-refractivity contribution in [2.24, 2.45) is 0 Å². The van der Waals surface area contributed by atoms with Crippen LogP contribution in [0.15, 0.2) is 39.8 Å². The van der Waals surface area contributed by atoms with Crippen molar-refractivity contribution in [2.45, 2.75) is 50.6 Å². The van der Waals surface area contributed by atoms with Gasteiger partial charge in [0.1, 0.15) is 11.8 Å². The summed E-state index contributed by atoms with van der Waals surface area (Å²) < 4.78 is 32.4. The lowest BCUT2D eigenvalue weighted by Crippen LogP contribution is -2.51. The predicted octanol–water partition coefficient (Wildman–Crippen LogP) is 2.15. The van der Waals surface area contributed by atoms with E-state index in [0.29, 0.717) is 18.7 Å². The van der Waals surface area contributed by atoms with E-state index < -0.39 is 16.1 Å². The van der Waals surface area contributed by atoms with Crippen molar-refractivity contribution < 1.29 is 17.7 Å². The number of nitrogens with zero attached hydrogens (tertiary/aromatic N) is 2. The summed E-state index contributed by atoms with van der Waals surface area (Å²) in [4.78, 5) is 12.9. The number of aromatic nitrogens is 1. The van der Waals surface area contributed by atoms with Gasteiger partial charge in [0, 0.05) is 18.7 Å². The van der Waals surface area contributed by atoms with E-state index in [1.807, 2.05) is 6.92 Å². The Morgan fingerprint density at radius 3 is 2.65 bits per heavy atom. The maximum atomic E-state index is 13.0. The molecule has 1 N–H and O–H groups in total. The van der Waals surface area contributed by atoms with Gasteiger partial charge in [-0.25, -0.2) is 8.42 Å². The van der Waals surface area contributed by atoms with Gasteiger partial charge in [-0.05, 0) is 38.8 Å². The van der Waals surface area contributed by atoms with Crippen LogP contribution in [0.1, 0.15) is 36.3 Å². The number of sulfonamides is 1. The van der Waals surface area contributed by atoms with Gasteiger partial charge in [-0.2, -0.15) is 4.31 Å². The zero-order chi connectivity index (χ0) is 18.7. The van der Waals surface area contributed by atoms with Crippen LogP contribution in [0.3, 0.4) is 0 Å². The molecule has 1 atom stereocenters. The molecule has 0 spiro atoms. The molecule has 3 rings (SSSR count). The third-order valence-corrected chi connectivity index (χ3v) is 6.65.